The number of aldehydes is 1. The summed E-state index contributed by atoms with van der Waals surface area (Å²) in [6, 6.07) is 11.4. The lowest BCUT2D eigenvalue weighted by Crippen LogP contribution is -2.10. The second-order valence-electron chi connectivity index (χ2n) is 4.48. The predicted molar refractivity (Wildman–Crippen MR) is 80.2 cm³/mol. The zero-order valence-corrected chi connectivity index (χ0v) is 12.2. The van der Waals surface area contributed by atoms with Crippen molar-refractivity contribution in [3.05, 3.63) is 40.8 Å². The second-order valence-corrected chi connectivity index (χ2v) is 5.59. The van der Waals surface area contributed by atoms with Crippen molar-refractivity contribution in [2.24, 2.45) is 0 Å². The minimum Gasteiger partial charge on any atom is -0.489 e. The molecule has 0 N–H and O–H groups in total. The first-order valence-electron chi connectivity index (χ1n) is 6.44. The number of ether oxygens (including phenoxy) is 1. The van der Waals surface area contributed by atoms with E-state index < -0.39 is 0 Å². The number of thiophene rings is 1. The minimum atomic E-state index is 0.0800. The SMILES string of the molecule is CCC(C)Oc1ccc(-c2ccc(C=O)s2)cc1C#N. The Morgan fingerprint density at radius 2 is 2.20 bits per heavy atom. The molecule has 4 heteroatoms. The van der Waals surface area contributed by atoms with Crippen LogP contribution in [-0.4, -0.2) is 12.4 Å². The van der Waals surface area contributed by atoms with E-state index in [0.717, 1.165) is 23.1 Å². The molecule has 1 unspecified atom stereocenters. The van der Waals surface area contributed by atoms with Crippen LogP contribution in [0.25, 0.3) is 10.4 Å². The first kappa shape index (κ1) is 14.3. The van der Waals surface area contributed by atoms with Crippen LogP contribution in [0.3, 0.4) is 0 Å². The van der Waals surface area contributed by atoms with Gasteiger partial charge in [0.1, 0.15) is 11.8 Å². The van der Waals surface area contributed by atoms with Crippen LogP contribution in [0.4, 0.5) is 0 Å². The van der Waals surface area contributed by atoms with Gasteiger partial charge in [-0.25, -0.2) is 0 Å². The van der Waals surface area contributed by atoms with Crippen LogP contribution in [0, 0.1) is 11.3 Å². The highest BCUT2D eigenvalue weighted by atomic mass is 32.1. The van der Waals surface area contributed by atoms with Crippen LogP contribution in [0.5, 0.6) is 5.75 Å². The first-order chi connectivity index (χ1) is 9.67. The third kappa shape index (κ3) is 3.06. The number of carbonyl (C=O) groups is 1. The van der Waals surface area contributed by atoms with Gasteiger partial charge in [0.05, 0.1) is 16.5 Å². The summed E-state index contributed by atoms with van der Waals surface area (Å²) in [5, 5.41) is 9.24. The summed E-state index contributed by atoms with van der Waals surface area (Å²) in [6.07, 6.45) is 1.80. The normalized spacial score (nSPS) is 11.7. The molecule has 1 atom stereocenters. The van der Waals surface area contributed by atoms with Crippen molar-refractivity contribution in [3.63, 3.8) is 0 Å². The quantitative estimate of drug-likeness (QED) is 0.770. The molecule has 3 nitrogen and oxygen atoms in total. The van der Waals surface area contributed by atoms with E-state index >= 15 is 0 Å². The minimum absolute atomic E-state index is 0.0800. The molecule has 0 saturated heterocycles. The van der Waals surface area contributed by atoms with Crippen LogP contribution < -0.4 is 4.74 Å². The topological polar surface area (TPSA) is 50.1 Å². The van der Waals surface area contributed by atoms with E-state index in [2.05, 4.69) is 6.07 Å². The Bertz CT molecular complexity index is 655. The standard InChI is InChI=1S/C16H15NO2S/c1-3-11(2)19-15-6-4-12(8-13(15)9-17)16-7-5-14(10-18)20-16/h4-8,10-11H,3H2,1-2H3. The van der Waals surface area contributed by atoms with Crippen LogP contribution in [0.2, 0.25) is 0 Å². The largest absolute Gasteiger partial charge is 0.489 e. The van der Waals surface area contributed by atoms with Gasteiger partial charge < -0.3 is 4.74 Å². The van der Waals surface area contributed by atoms with Crippen molar-refractivity contribution in [1.29, 1.82) is 5.26 Å². The lowest BCUT2D eigenvalue weighted by atomic mass is 10.1. The summed E-state index contributed by atoms with van der Waals surface area (Å²) in [7, 11) is 0. The van der Waals surface area contributed by atoms with Gasteiger partial charge in [0.2, 0.25) is 0 Å². The fourth-order valence-electron chi connectivity index (χ4n) is 1.74. The molecule has 0 spiro atoms. The first-order valence-corrected chi connectivity index (χ1v) is 7.25. The van der Waals surface area contributed by atoms with Crippen LogP contribution in [0.1, 0.15) is 35.5 Å². The molecule has 0 aliphatic heterocycles. The maximum Gasteiger partial charge on any atom is 0.160 e. The Morgan fingerprint density at radius 1 is 1.40 bits per heavy atom. The van der Waals surface area contributed by atoms with E-state index in [1.165, 1.54) is 11.3 Å². The maximum atomic E-state index is 10.7. The highest BCUT2D eigenvalue weighted by Crippen LogP contribution is 2.31. The summed E-state index contributed by atoms with van der Waals surface area (Å²) < 4.78 is 5.73. The average Bonchev–Trinajstić information content (AvgIpc) is 2.96. The molecule has 0 amide bonds. The van der Waals surface area contributed by atoms with Gasteiger partial charge in [-0.2, -0.15) is 5.26 Å². The van der Waals surface area contributed by atoms with Crippen molar-refractivity contribution in [2.45, 2.75) is 26.4 Å². The molecule has 2 aromatic rings. The van der Waals surface area contributed by atoms with Gasteiger partial charge in [-0.3, -0.25) is 4.79 Å². The van der Waals surface area contributed by atoms with Gasteiger partial charge in [0.15, 0.2) is 6.29 Å². The third-order valence-corrected chi connectivity index (χ3v) is 4.09. The summed E-state index contributed by atoms with van der Waals surface area (Å²) in [5.74, 6) is 0.609. The Labute approximate surface area is 122 Å². The number of hydrogen-bond acceptors (Lipinski definition) is 4. The predicted octanol–water partition coefficient (Wildman–Crippen LogP) is 4.28. The Hall–Kier alpha value is -2.12. The molecule has 0 aliphatic carbocycles. The van der Waals surface area contributed by atoms with Gasteiger partial charge in [-0.05, 0) is 49.2 Å². The van der Waals surface area contributed by atoms with Crippen molar-refractivity contribution < 1.29 is 9.53 Å². The molecule has 0 saturated carbocycles. The van der Waals surface area contributed by atoms with Gasteiger partial charge in [0, 0.05) is 4.88 Å². The van der Waals surface area contributed by atoms with E-state index in [1.54, 1.807) is 12.1 Å². The molecule has 2 rings (SSSR count). The van der Waals surface area contributed by atoms with E-state index in [1.807, 2.05) is 32.0 Å². The maximum absolute atomic E-state index is 10.7. The number of hydrogen-bond donors (Lipinski definition) is 0. The molecule has 1 heterocycles. The molecule has 1 aromatic heterocycles. The monoisotopic (exact) mass is 285 g/mol. The van der Waals surface area contributed by atoms with Crippen LogP contribution >= 0.6 is 11.3 Å². The number of nitrogens with zero attached hydrogens (tertiary/aromatic N) is 1. The number of rotatable bonds is 5. The Kier molecular flexibility index (Phi) is 4.54. The molecular weight excluding hydrogens is 270 g/mol. The fraction of sp³-hybridized carbons (Fsp3) is 0.250. The van der Waals surface area contributed by atoms with E-state index in [0.29, 0.717) is 16.2 Å². The highest BCUT2D eigenvalue weighted by molar-refractivity contribution is 7.17. The van der Waals surface area contributed by atoms with Crippen molar-refractivity contribution in [1.82, 2.24) is 0 Å². The number of nitriles is 1. The molecular formula is C16H15NO2S. The van der Waals surface area contributed by atoms with E-state index in [9.17, 15) is 10.1 Å². The van der Waals surface area contributed by atoms with Crippen molar-refractivity contribution >= 4 is 17.6 Å². The molecule has 0 fully saturated rings. The number of benzene rings is 1. The molecule has 102 valence electrons. The zero-order chi connectivity index (χ0) is 14.5. The Morgan fingerprint density at radius 3 is 2.80 bits per heavy atom. The van der Waals surface area contributed by atoms with Gasteiger partial charge in [0.25, 0.3) is 0 Å². The highest BCUT2D eigenvalue weighted by Gasteiger charge is 2.10. The number of carbonyl (C=O) groups excluding carboxylic acids is 1. The molecule has 0 aliphatic rings. The molecule has 20 heavy (non-hydrogen) atoms. The van der Waals surface area contributed by atoms with Crippen molar-refractivity contribution in [3.8, 4) is 22.3 Å². The zero-order valence-electron chi connectivity index (χ0n) is 11.4. The van der Waals surface area contributed by atoms with E-state index in [-0.39, 0.29) is 6.10 Å². The van der Waals surface area contributed by atoms with Gasteiger partial charge in [-0.15, -0.1) is 11.3 Å². The van der Waals surface area contributed by atoms with Crippen LogP contribution in [0.15, 0.2) is 30.3 Å². The van der Waals surface area contributed by atoms with E-state index in [4.69, 9.17) is 4.74 Å². The molecule has 0 radical (unpaired) electrons. The van der Waals surface area contributed by atoms with Crippen molar-refractivity contribution in [2.75, 3.05) is 0 Å². The Balaban J connectivity index is 2.34. The smallest absolute Gasteiger partial charge is 0.160 e. The van der Waals surface area contributed by atoms with Crippen LogP contribution in [-0.2, 0) is 0 Å². The second kappa shape index (κ2) is 6.36. The average molecular weight is 285 g/mol. The lowest BCUT2D eigenvalue weighted by Gasteiger charge is -2.14. The molecule has 0 bridgehead atoms. The summed E-state index contributed by atoms with van der Waals surface area (Å²) in [6.45, 7) is 4.02. The lowest BCUT2D eigenvalue weighted by molar-refractivity contribution is 0.112. The van der Waals surface area contributed by atoms with Gasteiger partial charge in [-0.1, -0.05) is 6.92 Å². The summed E-state index contributed by atoms with van der Waals surface area (Å²) >= 11 is 1.41. The fourth-order valence-corrected chi connectivity index (χ4v) is 2.56. The third-order valence-electron chi connectivity index (χ3n) is 3.03. The summed E-state index contributed by atoms with van der Waals surface area (Å²) in [4.78, 5) is 12.4. The van der Waals surface area contributed by atoms with Gasteiger partial charge >= 0.3 is 0 Å². The summed E-state index contributed by atoms with van der Waals surface area (Å²) in [5.41, 5.74) is 1.44. The molecule has 1 aromatic carbocycles.